The van der Waals surface area contributed by atoms with Crippen molar-refractivity contribution in [1.29, 1.82) is 0 Å². The molecule has 2 N–H and O–H groups in total. The van der Waals surface area contributed by atoms with Crippen LogP contribution in [0.2, 0.25) is 0 Å². The highest BCUT2D eigenvalue weighted by Gasteiger charge is 2.18. The molecule has 0 amide bonds. The van der Waals surface area contributed by atoms with Gasteiger partial charge in [0.1, 0.15) is 5.75 Å². The zero-order valence-corrected chi connectivity index (χ0v) is 16.0. The second kappa shape index (κ2) is 9.85. The third-order valence-corrected chi connectivity index (χ3v) is 6.44. The molecule has 0 saturated heterocycles. The minimum absolute atomic E-state index is 0.0305. The average Bonchev–Trinajstić information content (AvgIpc) is 2.57. The molecule has 2 nitrogen and oxygen atoms in total. The Morgan fingerprint density at radius 2 is 1.57 bits per heavy atom. The Hall–Kier alpha value is -0.320. The fraction of sp³-hybridized carbons (Fsp3) is 0.684. The Balaban J connectivity index is 1.72. The van der Waals surface area contributed by atoms with Gasteiger partial charge in [0, 0.05) is 0 Å². The van der Waals surface area contributed by atoms with E-state index >= 15 is 0 Å². The summed E-state index contributed by atoms with van der Waals surface area (Å²) in [4.78, 5) is 1.99. The van der Waals surface area contributed by atoms with E-state index in [9.17, 15) is 10.2 Å². The van der Waals surface area contributed by atoms with E-state index in [2.05, 4.69) is 12.1 Å². The van der Waals surface area contributed by atoms with Gasteiger partial charge in [0.2, 0.25) is 0 Å². The highest BCUT2D eigenvalue weighted by atomic mass is 32.2. The second-order valence-electron chi connectivity index (χ2n) is 6.62. The largest absolute Gasteiger partial charge is 0.506 e. The van der Waals surface area contributed by atoms with Gasteiger partial charge < -0.3 is 10.2 Å². The van der Waals surface area contributed by atoms with E-state index in [-0.39, 0.29) is 6.10 Å². The van der Waals surface area contributed by atoms with Gasteiger partial charge in [-0.3, -0.25) is 0 Å². The SMILES string of the molecule is CSc1cc(CCCCC[C@H]2CC[C@H](O)CC2)cc(SC)c1O. The Morgan fingerprint density at radius 1 is 0.957 bits per heavy atom. The number of rotatable bonds is 8. The maximum absolute atomic E-state index is 10.1. The van der Waals surface area contributed by atoms with Crippen molar-refractivity contribution < 1.29 is 10.2 Å². The van der Waals surface area contributed by atoms with Gasteiger partial charge in [-0.15, -0.1) is 23.5 Å². The number of aliphatic hydroxyl groups is 1. The first-order valence-electron chi connectivity index (χ1n) is 8.76. The molecule has 2 rings (SSSR count). The molecule has 1 aromatic rings. The predicted octanol–water partition coefficient (Wildman–Crippen LogP) is 5.49. The van der Waals surface area contributed by atoms with E-state index in [0.717, 1.165) is 35.0 Å². The Morgan fingerprint density at radius 3 is 2.13 bits per heavy atom. The molecule has 1 aromatic carbocycles. The summed E-state index contributed by atoms with van der Waals surface area (Å²) < 4.78 is 0. The first-order chi connectivity index (χ1) is 11.1. The quantitative estimate of drug-likeness (QED) is 0.478. The number of aromatic hydroxyl groups is 1. The Labute approximate surface area is 149 Å². The van der Waals surface area contributed by atoms with E-state index < -0.39 is 0 Å². The summed E-state index contributed by atoms with van der Waals surface area (Å²) in [5, 5.41) is 19.7. The van der Waals surface area contributed by atoms with Crippen molar-refractivity contribution in [3.05, 3.63) is 17.7 Å². The molecule has 0 atom stereocenters. The van der Waals surface area contributed by atoms with Crippen LogP contribution in [0, 0.1) is 5.92 Å². The standard InChI is InChI=1S/C19H30O2S2/c1-22-17-12-15(13-18(23-2)19(17)21)7-5-3-4-6-14-8-10-16(20)11-9-14/h12-14,16,20-21H,3-11H2,1-2H3/t14-,16-. The highest BCUT2D eigenvalue weighted by molar-refractivity contribution is 7.99. The van der Waals surface area contributed by atoms with Gasteiger partial charge in [0.15, 0.2) is 0 Å². The molecule has 4 heteroatoms. The maximum Gasteiger partial charge on any atom is 0.142 e. The molecule has 0 spiro atoms. The third kappa shape index (κ3) is 5.91. The lowest BCUT2D eigenvalue weighted by Crippen LogP contribution is -2.17. The van der Waals surface area contributed by atoms with Crippen LogP contribution >= 0.6 is 23.5 Å². The molecule has 0 heterocycles. The molecule has 130 valence electrons. The van der Waals surface area contributed by atoms with Gasteiger partial charge in [-0.25, -0.2) is 0 Å². The van der Waals surface area contributed by atoms with Crippen molar-refractivity contribution in [2.45, 2.75) is 73.7 Å². The summed E-state index contributed by atoms with van der Waals surface area (Å²) >= 11 is 3.24. The number of phenols is 1. The van der Waals surface area contributed by atoms with Crippen molar-refractivity contribution >= 4 is 23.5 Å². The first kappa shape index (κ1) is 19.0. The summed E-state index contributed by atoms with van der Waals surface area (Å²) in [6, 6.07) is 4.28. The number of hydrogen-bond donors (Lipinski definition) is 2. The lowest BCUT2D eigenvalue weighted by Gasteiger charge is -2.25. The minimum Gasteiger partial charge on any atom is -0.506 e. The molecule has 1 aliphatic rings. The van der Waals surface area contributed by atoms with Crippen LogP contribution in [0.25, 0.3) is 0 Å². The average molecular weight is 355 g/mol. The van der Waals surface area contributed by atoms with E-state index in [1.54, 1.807) is 23.5 Å². The van der Waals surface area contributed by atoms with Crippen LogP contribution in [0.4, 0.5) is 0 Å². The summed E-state index contributed by atoms with van der Waals surface area (Å²) in [6.07, 6.45) is 14.7. The molecule has 1 saturated carbocycles. The number of phenolic OH excluding ortho intramolecular Hbond substituents is 1. The Kier molecular flexibility index (Phi) is 8.14. The monoisotopic (exact) mass is 354 g/mol. The normalized spacial score (nSPS) is 21.5. The first-order valence-corrected chi connectivity index (χ1v) is 11.2. The number of hydrogen-bond acceptors (Lipinski definition) is 4. The summed E-state index contributed by atoms with van der Waals surface area (Å²) in [7, 11) is 0. The van der Waals surface area contributed by atoms with Crippen molar-refractivity contribution in [1.82, 2.24) is 0 Å². The summed E-state index contributed by atoms with van der Waals surface area (Å²) in [6.45, 7) is 0. The van der Waals surface area contributed by atoms with E-state index in [1.165, 1.54) is 44.1 Å². The van der Waals surface area contributed by atoms with E-state index in [4.69, 9.17) is 0 Å². The molecular weight excluding hydrogens is 324 g/mol. The number of aryl methyl sites for hydroxylation is 1. The number of aliphatic hydroxyl groups excluding tert-OH is 1. The smallest absolute Gasteiger partial charge is 0.142 e. The zero-order chi connectivity index (χ0) is 16.7. The van der Waals surface area contributed by atoms with Gasteiger partial charge in [0.25, 0.3) is 0 Å². The number of benzene rings is 1. The summed E-state index contributed by atoms with van der Waals surface area (Å²) in [5.74, 6) is 1.28. The van der Waals surface area contributed by atoms with Crippen molar-refractivity contribution in [2.75, 3.05) is 12.5 Å². The van der Waals surface area contributed by atoms with Crippen LogP contribution in [0.15, 0.2) is 21.9 Å². The number of thioether (sulfide) groups is 2. The van der Waals surface area contributed by atoms with Crippen LogP contribution in [-0.2, 0) is 6.42 Å². The van der Waals surface area contributed by atoms with Crippen LogP contribution in [0.3, 0.4) is 0 Å². The van der Waals surface area contributed by atoms with Crippen LogP contribution in [-0.4, -0.2) is 28.8 Å². The topological polar surface area (TPSA) is 40.5 Å². The van der Waals surface area contributed by atoms with E-state index in [1.807, 2.05) is 12.5 Å². The molecular formula is C19H30O2S2. The molecule has 0 unspecified atom stereocenters. The van der Waals surface area contributed by atoms with Crippen LogP contribution in [0.1, 0.15) is 56.9 Å². The lowest BCUT2D eigenvalue weighted by atomic mass is 9.84. The second-order valence-corrected chi connectivity index (χ2v) is 8.32. The van der Waals surface area contributed by atoms with Gasteiger partial charge in [-0.05, 0) is 74.7 Å². The predicted molar refractivity (Wildman–Crippen MR) is 102 cm³/mol. The number of unbranched alkanes of at least 4 members (excludes halogenated alkanes) is 2. The molecule has 0 radical (unpaired) electrons. The molecule has 0 aromatic heterocycles. The van der Waals surface area contributed by atoms with Crippen molar-refractivity contribution in [2.24, 2.45) is 5.92 Å². The summed E-state index contributed by atoms with van der Waals surface area (Å²) in [5.41, 5.74) is 1.34. The van der Waals surface area contributed by atoms with Crippen molar-refractivity contribution in [3.8, 4) is 5.75 Å². The Bertz CT molecular complexity index is 457. The van der Waals surface area contributed by atoms with Gasteiger partial charge in [-0.1, -0.05) is 19.3 Å². The molecule has 1 fully saturated rings. The van der Waals surface area contributed by atoms with Gasteiger partial charge >= 0.3 is 0 Å². The minimum atomic E-state index is -0.0305. The van der Waals surface area contributed by atoms with Crippen LogP contribution in [0.5, 0.6) is 5.75 Å². The fourth-order valence-electron chi connectivity index (χ4n) is 3.46. The molecule has 23 heavy (non-hydrogen) atoms. The third-order valence-electron chi connectivity index (χ3n) is 4.93. The van der Waals surface area contributed by atoms with Crippen molar-refractivity contribution in [3.63, 3.8) is 0 Å². The fourth-order valence-corrected chi connectivity index (χ4v) is 4.67. The molecule has 1 aliphatic carbocycles. The van der Waals surface area contributed by atoms with Gasteiger partial charge in [-0.2, -0.15) is 0 Å². The molecule has 0 aliphatic heterocycles. The van der Waals surface area contributed by atoms with Crippen LogP contribution < -0.4 is 0 Å². The maximum atomic E-state index is 10.1. The zero-order valence-electron chi connectivity index (χ0n) is 14.4. The molecule has 0 bridgehead atoms. The van der Waals surface area contributed by atoms with E-state index in [0.29, 0.717) is 5.75 Å². The van der Waals surface area contributed by atoms with Gasteiger partial charge in [0.05, 0.1) is 15.9 Å². The highest BCUT2D eigenvalue weighted by Crippen LogP contribution is 2.37. The lowest BCUT2D eigenvalue weighted by molar-refractivity contribution is 0.106.